The van der Waals surface area contributed by atoms with Crippen molar-refractivity contribution < 1.29 is 13.2 Å². The van der Waals surface area contributed by atoms with Gasteiger partial charge in [-0.25, -0.2) is 8.42 Å². The lowest BCUT2D eigenvalue weighted by Gasteiger charge is -2.11. The highest BCUT2D eigenvalue weighted by Gasteiger charge is 2.12. The molecule has 0 saturated heterocycles. The summed E-state index contributed by atoms with van der Waals surface area (Å²) in [6.07, 6.45) is 1.12. The lowest BCUT2D eigenvalue weighted by atomic mass is 10.2. The van der Waals surface area contributed by atoms with Gasteiger partial charge in [0.15, 0.2) is 14.9 Å². The predicted molar refractivity (Wildman–Crippen MR) is 99.7 cm³/mol. The molecule has 0 unspecified atom stereocenters. The minimum absolute atomic E-state index is 0.0538. The maximum absolute atomic E-state index is 12.1. The second-order valence-electron chi connectivity index (χ2n) is 4.83. The Morgan fingerprint density at radius 2 is 1.71 bits per heavy atom. The van der Waals surface area contributed by atoms with Gasteiger partial charge in [0.25, 0.3) is 5.91 Å². The van der Waals surface area contributed by atoms with Crippen LogP contribution in [0.25, 0.3) is 0 Å². The van der Waals surface area contributed by atoms with E-state index in [0.717, 1.165) is 6.26 Å². The summed E-state index contributed by atoms with van der Waals surface area (Å²) in [6, 6.07) is 10.5. The van der Waals surface area contributed by atoms with Crippen molar-refractivity contribution in [1.82, 2.24) is 5.32 Å². The Labute approximate surface area is 154 Å². The molecule has 2 aromatic carbocycles. The highest BCUT2D eigenvalue weighted by atomic mass is 35.5. The zero-order valence-corrected chi connectivity index (χ0v) is 15.5. The second kappa shape index (κ2) is 7.48. The largest absolute Gasteiger partial charge is 0.332 e. The van der Waals surface area contributed by atoms with Crippen molar-refractivity contribution in [2.45, 2.75) is 4.90 Å². The average Bonchev–Trinajstić information content (AvgIpc) is 2.46. The lowest BCUT2D eigenvalue weighted by Crippen LogP contribution is -2.34. The third-order valence-corrected chi connectivity index (χ3v) is 4.82. The van der Waals surface area contributed by atoms with Crippen LogP contribution in [0, 0.1) is 0 Å². The molecule has 0 heterocycles. The zero-order chi connectivity index (χ0) is 17.9. The molecule has 0 aliphatic heterocycles. The Morgan fingerprint density at radius 1 is 1.08 bits per heavy atom. The molecule has 9 heteroatoms. The van der Waals surface area contributed by atoms with Gasteiger partial charge in [-0.15, -0.1) is 0 Å². The van der Waals surface area contributed by atoms with Gasteiger partial charge in [0.2, 0.25) is 0 Å². The molecular formula is C15H12Cl2N2O3S2. The van der Waals surface area contributed by atoms with Crippen molar-refractivity contribution >= 4 is 62.0 Å². The number of anilines is 1. The fraction of sp³-hybridized carbons (Fsp3) is 0.0667. The molecule has 126 valence electrons. The quantitative estimate of drug-likeness (QED) is 0.767. The predicted octanol–water partition coefficient (Wildman–Crippen LogP) is 3.52. The number of sulfone groups is 1. The number of hydrogen-bond donors (Lipinski definition) is 2. The Kier molecular flexibility index (Phi) is 5.82. The molecule has 2 rings (SSSR count). The summed E-state index contributed by atoms with van der Waals surface area (Å²) in [7, 11) is -3.27. The van der Waals surface area contributed by atoms with Crippen molar-refractivity contribution in [2.75, 3.05) is 11.6 Å². The number of carbonyl (C=O) groups excluding carboxylic acids is 1. The first-order chi connectivity index (χ1) is 11.2. The van der Waals surface area contributed by atoms with Crippen LogP contribution in [0.5, 0.6) is 0 Å². The summed E-state index contributed by atoms with van der Waals surface area (Å²) in [6.45, 7) is 0. The van der Waals surface area contributed by atoms with Gasteiger partial charge in [-0.2, -0.15) is 0 Å². The first-order valence-corrected chi connectivity index (χ1v) is 9.60. The number of halogens is 2. The van der Waals surface area contributed by atoms with Crippen LogP contribution in [0.3, 0.4) is 0 Å². The van der Waals surface area contributed by atoms with Crippen LogP contribution in [0.1, 0.15) is 10.4 Å². The number of thiocarbonyl (C=S) groups is 1. The molecule has 0 bridgehead atoms. The molecule has 2 aromatic rings. The molecule has 0 atom stereocenters. The smallest absolute Gasteiger partial charge is 0.258 e. The number of carbonyl (C=O) groups is 1. The number of nitrogens with one attached hydrogen (secondary N) is 2. The highest BCUT2D eigenvalue weighted by molar-refractivity contribution is 7.90. The van der Waals surface area contributed by atoms with Crippen LogP contribution in [-0.2, 0) is 9.84 Å². The van der Waals surface area contributed by atoms with E-state index >= 15 is 0 Å². The average molecular weight is 403 g/mol. The molecule has 2 N–H and O–H groups in total. The molecule has 0 spiro atoms. The fourth-order valence-electron chi connectivity index (χ4n) is 1.79. The van der Waals surface area contributed by atoms with Crippen LogP contribution < -0.4 is 10.6 Å². The summed E-state index contributed by atoms with van der Waals surface area (Å²) >= 11 is 16.8. The Morgan fingerprint density at radius 3 is 2.25 bits per heavy atom. The molecule has 0 fully saturated rings. The topological polar surface area (TPSA) is 75.3 Å². The van der Waals surface area contributed by atoms with Crippen molar-refractivity contribution in [2.24, 2.45) is 0 Å². The van der Waals surface area contributed by atoms with Crippen LogP contribution in [0.2, 0.25) is 10.0 Å². The second-order valence-corrected chi connectivity index (χ2v) is 8.10. The number of rotatable bonds is 3. The van der Waals surface area contributed by atoms with Crippen LogP contribution in [0.4, 0.5) is 5.69 Å². The molecule has 24 heavy (non-hydrogen) atoms. The van der Waals surface area contributed by atoms with Gasteiger partial charge in [0, 0.05) is 17.0 Å². The third kappa shape index (κ3) is 4.91. The van der Waals surface area contributed by atoms with Gasteiger partial charge >= 0.3 is 0 Å². The summed E-state index contributed by atoms with van der Waals surface area (Å²) in [4.78, 5) is 12.3. The molecule has 0 radical (unpaired) electrons. The van der Waals surface area contributed by atoms with Crippen LogP contribution >= 0.6 is 35.4 Å². The molecule has 0 aliphatic carbocycles. The van der Waals surface area contributed by atoms with Crippen molar-refractivity contribution in [3.63, 3.8) is 0 Å². The molecule has 5 nitrogen and oxygen atoms in total. The fourth-order valence-corrected chi connectivity index (χ4v) is 3.13. The van der Waals surface area contributed by atoms with Gasteiger partial charge in [-0.05, 0) is 54.7 Å². The monoisotopic (exact) mass is 402 g/mol. The summed E-state index contributed by atoms with van der Waals surface area (Å²) < 4.78 is 22.8. The third-order valence-electron chi connectivity index (χ3n) is 2.94. The van der Waals surface area contributed by atoms with E-state index in [1.54, 1.807) is 18.2 Å². The van der Waals surface area contributed by atoms with E-state index < -0.39 is 15.7 Å². The first-order valence-electron chi connectivity index (χ1n) is 6.54. The van der Waals surface area contributed by atoms with Crippen molar-refractivity contribution in [3.8, 4) is 0 Å². The standard InChI is InChI=1S/C15H12Cl2N2O3S2/c1-24(21,22)11-5-3-10(4-6-11)18-15(23)19-14(20)12-7-2-9(16)8-13(12)17/h2-8H,1H3,(H2,18,19,20,23). The first kappa shape index (κ1) is 18.7. The number of hydrogen-bond acceptors (Lipinski definition) is 4. The maximum atomic E-state index is 12.1. The molecule has 1 amide bonds. The lowest BCUT2D eigenvalue weighted by molar-refractivity contribution is 0.0978. The molecular weight excluding hydrogens is 391 g/mol. The summed E-state index contributed by atoms with van der Waals surface area (Å²) in [5.74, 6) is -0.484. The van der Waals surface area contributed by atoms with E-state index in [1.165, 1.54) is 24.3 Å². The van der Waals surface area contributed by atoms with E-state index in [0.29, 0.717) is 10.7 Å². The van der Waals surface area contributed by atoms with Gasteiger partial charge < -0.3 is 5.32 Å². The minimum atomic E-state index is -3.27. The summed E-state index contributed by atoms with van der Waals surface area (Å²) in [5, 5.41) is 5.96. The van der Waals surface area contributed by atoms with Gasteiger partial charge in [0.05, 0.1) is 15.5 Å². The maximum Gasteiger partial charge on any atom is 0.258 e. The van der Waals surface area contributed by atoms with Crippen molar-refractivity contribution in [1.29, 1.82) is 0 Å². The van der Waals surface area contributed by atoms with Crippen LogP contribution in [-0.4, -0.2) is 25.7 Å². The van der Waals surface area contributed by atoms with E-state index in [9.17, 15) is 13.2 Å². The Balaban J connectivity index is 2.04. The minimum Gasteiger partial charge on any atom is -0.332 e. The Bertz CT molecular complexity index is 897. The van der Waals surface area contributed by atoms with E-state index in [2.05, 4.69) is 10.6 Å². The zero-order valence-electron chi connectivity index (χ0n) is 12.3. The van der Waals surface area contributed by atoms with Crippen molar-refractivity contribution in [3.05, 3.63) is 58.1 Å². The SMILES string of the molecule is CS(=O)(=O)c1ccc(NC(=S)NC(=O)c2ccc(Cl)cc2Cl)cc1. The van der Waals surface area contributed by atoms with Gasteiger partial charge in [0.1, 0.15) is 0 Å². The Hall–Kier alpha value is -1.67. The highest BCUT2D eigenvalue weighted by Crippen LogP contribution is 2.21. The molecule has 0 aromatic heterocycles. The van der Waals surface area contributed by atoms with E-state index in [1.807, 2.05) is 0 Å². The van der Waals surface area contributed by atoms with E-state index in [4.69, 9.17) is 35.4 Å². The normalized spacial score (nSPS) is 11.0. The summed E-state index contributed by atoms with van der Waals surface area (Å²) in [5.41, 5.74) is 0.771. The van der Waals surface area contributed by atoms with Gasteiger partial charge in [-0.3, -0.25) is 10.1 Å². The van der Waals surface area contributed by atoms with Crippen LogP contribution in [0.15, 0.2) is 47.4 Å². The molecule has 0 saturated carbocycles. The molecule has 0 aliphatic rings. The van der Waals surface area contributed by atoms with E-state index in [-0.39, 0.29) is 20.6 Å². The van der Waals surface area contributed by atoms with Gasteiger partial charge in [-0.1, -0.05) is 23.2 Å². The number of benzene rings is 2. The number of amides is 1.